The second-order valence-corrected chi connectivity index (χ2v) is 7.40. The molecule has 0 spiro atoms. The Kier molecular flexibility index (Phi) is 6.53. The normalized spacial score (nSPS) is 11.9. The molecule has 1 atom stereocenters. The molecular weight excluding hydrogens is 398 g/mol. The number of thioether (sulfide) groups is 1. The topological polar surface area (TPSA) is 81.9 Å². The number of anilines is 1. The first-order valence-electron chi connectivity index (χ1n) is 8.60. The van der Waals surface area contributed by atoms with Gasteiger partial charge in [0, 0.05) is 13.2 Å². The number of benzene rings is 1. The SMILES string of the molecule is Cc1ccccc1OC(C)c1nnc(SCC(=O)Nc2cccnc2Cl)n1C. The van der Waals surface area contributed by atoms with E-state index in [0.29, 0.717) is 16.7 Å². The Morgan fingerprint density at radius 2 is 2.07 bits per heavy atom. The fourth-order valence-corrected chi connectivity index (χ4v) is 3.42. The summed E-state index contributed by atoms with van der Waals surface area (Å²) in [5.41, 5.74) is 1.53. The first-order chi connectivity index (χ1) is 13.5. The van der Waals surface area contributed by atoms with Crippen LogP contribution in [0, 0.1) is 6.92 Å². The molecule has 28 heavy (non-hydrogen) atoms. The van der Waals surface area contributed by atoms with Gasteiger partial charge >= 0.3 is 0 Å². The van der Waals surface area contributed by atoms with Crippen LogP contribution in [-0.4, -0.2) is 31.4 Å². The number of aryl methyl sites for hydroxylation is 1. The maximum atomic E-state index is 12.2. The molecule has 1 unspecified atom stereocenters. The number of ether oxygens (including phenoxy) is 1. The number of nitrogens with one attached hydrogen (secondary N) is 1. The lowest BCUT2D eigenvalue weighted by molar-refractivity contribution is -0.113. The summed E-state index contributed by atoms with van der Waals surface area (Å²) in [6.07, 6.45) is 1.28. The Bertz CT molecular complexity index is 978. The Hall–Kier alpha value is -2.58. The van der Waals surface area contributed by atoms with Crippen molar-refractivity contribution >= 4 is 35.0 Å². The summed E-state index contributed by atoms with van der Waals surface area (Å²) < 4.78 is 7.84. The minimum Gasteiger partial charge on any atom is -0.482 e. The van der Waals surface area contributed by atoms with Crippen molar-refractivity contribution in [3.8, 4) is 5.75 Å². The number of carbonyl (C=O) groups is 1. The number of carbonyl (C=O) groups excluding carboxylic acids is 1. The number of aromatic nitrogens is 4. The lowest BCUT2D eigenvalue weighted by atomic mass is 10.2. The Morgan fingerprint density at radius 3 is 2.82 bits per heavy atom. The maximum Gasteiger partial charge on any atom is 0.234 e. The Morgan fingerprint density at radius 1 is 1.29 bits per heavy atom. The van der Waals surface area contributed by atoms with Crippen LogP contribution in [0.25, 0.3) is 0 Å². The van der Waals surface area contributed by atoms with Gasteiger partial charge in [-0.05, 0) is 37.6 Å². The van der Waals surface area contributed by atoms with E-state index in [9.17, 15) is 4.79 Å². The number of para-hydroxylation sites is 1. The minimum atomic E-state index is -0.282. The van der Waals surface area contributed by atoms with Crippen molar-refractivity contribution in [2.75, 3.05) is 11.1 Å². The zero-order valence-corrected chi connectivity index (χ0v) is 17.3. The minimum absolute atomic E-state index is 0.171. The average Bonchev–Trinajstić information content (AvgIpc) is 3.04. The highest BCUT2D eigenvalue weighted by Crippen LogP contribution is 2.26. The maximum absolute atomic E-state index is 12.2. The highest BCUT2D eigenvalue weighted by Gasteiger charge is 2.18. The summed E-state index contributed by atoms with van der Waals surface area (Å²) in [5, 5.41) is 12.0. The first-order valence-corrected chi connectivity index (χ1v) is 9.97. The monoisotopic (exact) mass is 417 g/mol. The summed E-state index contributed by atoms with van der Waals surface area (Å²) in [7, 11) is 1.85. The second-order valence-electron chi connectivity index (χ2n) is 6.10. The molecule has 0 aliphatic heterocycles. The van der Waals surface area contributed by atoms with E-state index in [1.807, 2.05) is 49.7 Å². The summed E-state index contributed by atoms with van der Waals surface area (Å²) >= 11 is 7.24. The van der Waals surface area contributed by atoms with E-state index in [1.165, 1.54) is 11.8 Å². The van der Waals surface area contributed by atoms with Gasteiger partial charge < -0.3 is 14.6 Å². The van der Waals surface area contributed by atoms with E-state index in [4.69, 9.17) is 16.3 Å². The molecule has 3 rings (SSSR count). The van der Waals surface area contributed by atoms with Crippen molar-refractivity contribution in [2.45, 2.75) is 25.1 Å². The van der Waals surface area contributed by atoms with Gasteiger partial charge in [-0.3, -0.25) is 4.79 Å². The lowest BCUT2D eigenvalue weighted by Crippen LogP contribution is -2.15. The van der Waals surface area contributed by atoms with Crippen LogP contribution in [0.1, 0.15) is 24.4 Å². The number of amides is 1. The first kappa shape index (κ1) is 20.2. The standard InChI is InChI=1S/C19H20ClN5O2S/c1-12-7-4-5-9-15(12)27-13(2)18-23-24-19(25(18)3)28-11-16(26)22-14-8-6-10-21-17(14)20/h4-10,13H,11H2,1-3H3,(H,22,26). The molecule has 0 aliphatic carbocycles. The molecule has 0 radical (unpaired) electrons. The quantitative estimate of drug-likeness (QED) is 0.461. The molecule has 0 saturated carbocycles. The van der Waals surface area contributed by atoms with Gasteiger partial charge in [0.05, 0.1) is 11.4 Å². The van der Waals surface area contributed by atoms with Crippen molar-refractivity contribution in [3.63, 3.8) is 0 Å². The molecule has 1 aromatic carbocycles. The Balaban J connectivity index is 1.60. The van der Waals surface area contributed by atoms with Crippen molar-refractivity contribution in [1.29, 1.82) is 0 Å². The number of hydrogen-bond donors (Lipinski definition) is 1. The molecule has 2 aromatic heterocycles. The summed E-state index contributed by atoms with van der Waals surface area (Å²) in [6, 6.07) is 11.2. The fourth-order valence-electron chi connectivity index (χ4n) is 2.53. The van der Waals surface area contributed by atoms with Gasteiger partial charge in [-0.2, -0.15) is 0 Å². The molecule has 0 aliphatic rings. The number of nitrogens with zero attached hydrogens (tertiary/aromatic N) is 4. The molecular formula is C19H20ClN5O2S. The third-order valence-electron chi connectivity index (χ3n) is 4.00. The molecule has 1 amide bonds. The van der Waals surface area contributed by atoms with Gasteiger partial charge in [0.2, 0.25) is 5.91 Å². The van der Waals surface area contributed by atoms with Crippen LogP contribution in [0.5, 0.6) is 5.75 Å². The number of halogens is 1. The third kappa shape index (κ3) is 4.82. The molecule has 146 valence electrons. The van der Waals surface area contributed by atoms with E-state index in [2.05, 4.69) is 20.5 Å². The van der Waals surface area contributed by atoms with Crippen LogP contribution in [0.2, 0.25) is 5.15 Å². The zero-order chi connectivity index (χ0) is 20.1. The van der Waals surface area contributed by atoms with Gasteiger partial charge in [-0.15, -0.1) is 10.2 Å². The van der Waals surface area contributed by atoms with Crippen LogP contribution >= 0.6 is 23.4 Å². The van der Waals surface area contributed by atoms with E-state index < -0.39 is 0 Å². The van der Waals surface area contributed by atoms with Gasteiger partial charge in [0.15, 0.2) is 22.2 Å². The second kappa shape index (κ2) is 9.07. The highest BCUT2D eigenvalue weighted by atomic mass is 35.5. The number of pyridine rings is 1. The molecule has 0 bridgehead atoms. The van der Waals surface area contributed by atoms with Gasteiger partial charge in [-0.25, -0.2) is 4.98 Å². The smallest absolute Gasteiger partial charge is 0.234 e. The lowest BCUT2D eigenvalue weighted by Gasteiger charge is -2.15. The van der Waals surface area contributed by atoms with Gasteiger partial charge in [-0.1, -0.05) is 41.6 Å². The highest BCUT2D eigenvalue weighted by molar-refractivity contribution is 7.99. The van der Waals surface area contributed by atoms with Crippen LogP contribution < -0.4 is 10.1 Å². The summed E-state index contributed by atoms with van der Waals surface area (Å²) in [4.78, 5) is 16.1. The van der Waals surface area contributed by atoms with Crippen LogP contribution in [0.3, 0.4) is 0 Å². The Labute approximate surface area is 172 Å². The van der Waals surface area contributed by atoms with Crippen molar-refractivity contribution < 1.29 is 9.53 Å². The molecule has 7 nitrogen and oxygen atoms in total. The third-order valence-corrected chi connectivity index (χ3v) is 5.32. The predicted octanol–water partition coefficient (Wildman–Crippen LogP) is 4.04. The van der Waals surface area contributed by atoms with Crippen molar-refractivity contribution in [3.05, 3.63) is 59.1 Å². The summed E-state index contributed by atoms with van der Waals surface area (Å²) in [5.74, 6) is 1.46. The average molecular weight is 418 g/mol. The number of hydrogen-bond acceptors (Lipinski definition) is 6. The molecule has 1 N–H and O–H groups in total. The predicted molar refractivity (Wildman–Crippen MR) is 110 cm³/mol. The largest absolute Gasteiger partial charge is 0.482 e. The van der Waals surface area contributed by atoms with Crippen LogP contribution in [0.15, 0.2) is 47.8 Å². The van der Waals surface area contributed by atoms with Crippen LogP contribution in [0.4, 0.5) is 5.69 Å². The van der Waals surface area contributed by atoms with E-state index in [-0.39, 0.29) is 22.9 Å². The number of rotatable bonds is 7. The molecule has 3 aromatic rings. The molecule has 0 saturated heterocycles. The van der Waals surface area contributed by atoms with Crippen molar-refractivity contribution in [1.82, 2.24) is 19.7 Å². The van der Waals surface area contributed by atoms with Crippen molar-refractivity contribution in [2.24, 2.45) is 7.05 Å². The zero-order valence-electron chi connectivity index (χ0n) is 15.7. The molecule has 2 heterocycles. The fraction of sp³-hybridized carbons (Fsp3) is 0.263. The van der Waals surface area contributed by atoms with E-state index >= 15 is 0 Å². The summed E-state index contributed by atoms with van der Waals surface area (Å²) in [6.45, 7) is 3.91. The van der Waals surface area contributed by atoms with E-state index in [0.717, 1.165) is 11.3 Å². The van der Waals surface area contributed by atoms with Gasteiger partial charge in [0.25, 0.3) is 0 Å². The van der Waals surface area contributed by atoms with Gasteiger partial charge in [0.1, 0.15) is 5.75 Å². The molecule has 9 heteroatoms. The van der Waals surface area contributed by atoms with Crippen LogP contribution in [-0.2, 0) is 11.8 Å². The molecule has 0 fully saturated rings. The van der Waals surface area contributed by atoms with E-state index in [1.54, 1.807) is 18.3 Å².